The molecule has 0 saturated carbocycles. The number of nitrogens with zero attached hydrogens (tertiary/aromatic N) is 3. The van der Waals surface area contributed by atoms with Crippen molar-refractivity contribution in [3.05, 3.63) is 59.8 Å². The van der Waals surface area contributed by atoms with E-state index in [2.05, 4.69) is 15.4 Å². The quantitative estimate of drug-likeness (QED) is 0.783. The van der Waals surface area contributed by atoms with E-state index >= 15 is 0 Å². The zero-order valence-electron chi connectivity index (χ0n) is 12.5. The standard InChI is InChI=1S/C17H14N4O2/c1-22-14-5-7-15(8-6-14)23-11-12-3-2-4-13(9-12)17-16(10-18)19-21-20-17/h2-9H,11H2,1H3,(H,19,20,21). The van der Waals surface area contributed by atoms with Gasteiger partial charge in [0.1, 0.15) is 29.9 Å². The van der Waals surface area contributed by atoms with Gasteiger partial charge in [-0.1, -0.05) is 18.2 Å². The summed E-state index contributed by atoms with van der Waals surface area (Å²) in [6, 6.07) is 17.1. The molecule has 0 aliphatic carbocycles. The monoisotopic (exact) mass is 306 g/mol. The van der Waals surface area contributed by atoms with Gasteiger partial charge in [-0.2, -0.15) is 15.6 Å². The molecule has 6 nitrogen and oxygen atoms in total. The molecule has 0 unspecified atom stereocenters. The molecule has 1 aromatic heterocycles. The van der Waals surface area contributed by atoms with Crippen molar-refractivity contribution in [2.75, 3.05) is 7.11 Å². The fourth-order valence-corrected chi connectivity index (χ4v) is 2.16. The number of nitriles is 1. The summed E-state index contributed by atoms with van der Waals surface area (Å²) in [5.74, 6) is 1.55. The number of hydrogen-bond donors (Lipinski definition) is 1. The summed E-state index contributed by atoms with van der Waals surface area (Å²) in [6.45, 7) is 0.417. The number of hydrogen-bond acceptors (Lipinski definition) is 5. The highest BCUT2D eigenvalue weighted by atomic mass is 16.5. The number of methoxy groups -OCH3 is 1. The van der Waals surface area contributed by atoms with Gasteiger partial charge in [0.25, 0.3) is 0 Å². The summed E-state index contributed by atoms with van der Waals surface area (Å²) >= 11 is 0. The first-order valence-corrected chi connectivity index (χ1v) is 6.97. The van der Waals surface area contributed by atoms with E-state index in [1.54, 1.807) is 7.11 Å². The van der Waals surface area contributed by atoms with E-state index in [4.69, 9.17) is 14.7 Å². The second-order valence-corrected chi connectivity index (χ2v) is 4.80. The summed E-state index contributed by atoms with van der Waals surface area (Å²) in [5, 5.41) is 19.3. The molecular weight excluding hydrogens is 292 g/mol. The Kier molecular flexibility index (Phi) is 4.20. The van der Waals surface area contributed by atoms with Gasteiger partial charge < -0.3 is 9.47 Å². The van der Waals surface area contributed by atoms with Crippen LogP contribution in [0.3, 0.4) is 0 Å². The van der Waals surface area contributed by atoms with Gasteiger partial charge in [0.2, 0.25) is 0 Å². The molecule has 0 fully saturated rings. The number of aromatic amines is 1. The third-order valence-corrected chi connectivity index (χ3v) is 3.32. The Bertz CT molecular complexity index is 834. The summed E-state index contributed by atoms with van der Waals surface area (Å²) in [5.41, 5.74) is 2.62. The number of aromatic nitrogens is 3. The lowest BCUT2D eigenvalue weighted by Crippen LogP contribution is -1.96. The Hall–Kier alpha value is -3.33. The number of rotatable bonds is 5. The molecule has 3 aromatic rings. The lowest BCUT2D eigenvalue weighted by atomic mass is 10.1. The van der Waals surface area contributed by atoms with Crippen LogP contribution in [-0.2, 0) is 6.61 Å². The van der Waals surface area contributed by atoms with Crippen molar-refractivity contribution in [1.29, 1.82) is 5.26 Å². The van der Waals surface area contributed by atoms with Crippen LogP contribution in [0.4, 0.5) is 0 Å². The molecule has 1 N–H and O–H groups in total. The summed E-state index contributed by atoms with van der Waals surface area (Å²) in [4.78, 5) is 0. The van der Waals surface area contributed by atoms with Crippen LogP contribution in [0.1, 0.15) is 11.3 Å². The Morgan fingerprint density at radius 3 is 2.61 bits per heavy atom. The highest BCUT2D eigenvalue weighted by molar-refractivity contribution is 5.64. The molecule has 0 aliphatic rings. The highest BCUT2D eigenvalue weighted by Gasteiger charge is 2.10. The van der Waals surface area contributed by atoms with Gasteiger partial charge in [-0.15, -0.1) is 5.10 Å². The zero-order chi connectivity index (χ0) is 16.1. The molecule has 0 saturated heterocycles. The molecule has 0 spiro atoms. The molecule has 1 heterocycles. The smallest absolute Gasteiger partial charge is 0.190 e. The Morgan fingerprint density at radius 2 is 1.87 bits per heavy atom. The van der Waals surface area contributed by atoms with Crippen LogP contribution in [0.25, 0.3) is 11.3 Å². The maximum atomic E-state index is 9.03. The first kappa shape index (κ1) is 14.6. The number of ether oxygens (including phenoxy) is 2. The van der Waals surface area contributed by atoms with Crippen LogP contribution in [-0.4, -0.2) is 22.5 Å². The fourth-order valence-electron chi connectivity index (χ4n) is 2.16. The van der Waals surface area contributed by atoms with E-state index in [1.165, 1.54) is 0 Å². The fraction of sp³-hybridized carbons (Fsp3) is 0.118. The first-order chi connectivity index (χ1) is 11.3. The van der Waals surface area contributed by atoms with Crippen LogP contribution >= 0.6 is 0 Å². The van der Waals surface area contributed by atoms with E-state index in [1.807, 2.05) is 54.6 Å². The van der Waals surface area contributed by atoms with Gasteiger partial charge in [0.15, 0.2) is 5.69 Å². The number of H-pyrrole nitrogens is 1. The molecule has 0 radical (unpaired) electrons. The highest BCUT2D eigenvalue weighted by Crippen LogP contribution is 2.22. The van der Waals surface area contributed by atoms with E-state index < -0.39 is 0 Å². The zero-order valence-corrected chi connectivity index (χ0v) is 12.5. The SMILES string of the molecule is COc1ccc(OCc2cccc(-c3n[nH]nc3C#N)c2)cc1. The lowest BCUT2D eigenvalue weighted by molar-refractivity contribution is 0.305. The van der Waals surface area contributed by atoms with Gasteiger partial charge in [-0.05, 0) is 35.9 Å². The molecular formula is C17H14N4O2. The number of nitrogens with one attached hydrogen (secondary N) is 1. The Labute approximate surface area is 133 Å². The van der Waals surface area contributed by atoms with Gasteiger partial charge in [-0.3, -0.25) is 0 Å². The molecule has 114 valence electrons. The van der Waals surface area contributed by atoms with Crippen LogP contribution in [0, 0.1) is 11.3 Å². The predicted molar refractivity (Wildman–Crippen MR) is 83.9 cm³/mol. The average Bonchev–Trinajstić information content (AvgIpc) is 3.09. The van der Waals surface area contributed by atoms with Crippen molar-refractivity contribution in [1.82, 2.24) is 15.4 Å². The minimum atomic E-state index is 0.276. The molecule has 23 heavy (non-hydrogen) atoms. The van der Waals surface area contributed by atoms with E-state index in [0.29, 0.717) is 12.3 Å². The maximum absolute atomic E-state index is 9.03. The molecule has 2 aromatic carbocycles. The van der Waals surface area contributed by atoms with Crippen molar-refractivity contribution in [2.45, 2.75) is 6.61 Å². The minimum absolute atomic E-state index is 0.276. The van der Waals surface area contributed by atoms with Gasteiger partial charge in [0.05, 0.1) is 7.11 Å². The van der Waals surface area contributed by atoms with Crippen molar-refractivity contribution < 1.29 is 9.47 Å². The molecule has 6 heteroatoms. The molecule has 0 bridgehead atoms. The minimum Gasteiger partial charge on any atom is -0.497 e. The second kappa shape index (κ2) is 6.62. The normalized spacial score (nSPS) is 10.1. The summed E-state index contributed by atoms with van der Waals surface area (Å²) in [7, 11) is 1.63. The third kappa shape index (κ3) is 3.30. The topological polar surface area (TPSA) is 83.8 Å². The first-order valence-electron chi connectivity index (χ1n) is 6.97. The van der Waals surface area contributed by atoms with Crippen LogP contribution < -0.4 is 9.47 Å². The maximum Gasteiger partial charge on any atom is 0.190 e. The molecule has 0 amide bonds. The van der Waals surface area contributed by atoms with Gasteiger partial charge in [-0.25, -0.2) is 0 Å². The largest absolute Gasteiger partial charge is 0.497 e. The van der Waals surface area contributed by atoms with Crippen molar-refractivity contribution >= 4 is 0 Å². The van der Waals surface area contributed by atoms with E-state index in [9.17, 15) is 0 Å². The van der Waals surface area contributed by atoms with Gasteiger partial charge >= 0.3 is 0 Å². The van der Waals surface area contributed by atoms with E-state index in [-0.39, 0.29) is 5.69 Å². The molecule has 0 atom stereocenters. The second-order valence-electron chi connectivity index (χ2n) is 4.80. The lowest BCUT2D eigenvalue weighted by Gasteiger charge is -2.08. The number of benzene rings is 2. The van der Waals surface area contributed by atoms with E-state index in [0.717, 1.165) is 22.6 Å². The van der Waals surface area contributed by atoms with Gasteiger partial charge in [0, 0.05) is 5.56 Å². The predicted octanol–water partition coefficient (Wildman–Crippen LogP) is 2.93. The van der Waals surface area contributed by atoms with Crippen molar-refractivity contribution in [3.8, 4) is 28.8 Å². The Morgan fingerprint density at radius 1 is 1.09 bits per heavy atom. The average molecular weight is 306 g/mol. The Balaban J connectivity index is 1.74. The molecule has 3 rings (SSSR count). The summed E-state index contributed by atoms with van der Waals surface area (Å²) < 4.78 is 10.9. The van der Waals surface area contributed by atoms with Crippen LogP contribution in [0.2, 0.25) is 0 Å². The van der Waals surface area contributed by atoms with Crippen LogP contribution in [0.5, 0.6) is 11.5 Å². The van der Waals surface area contributed by atoms with Crippen LogP contribution in [0.15, 0.2) is 48.5 Å². The van der Waals surface area contributed by atoms with Crippen molar-refractivity contribution in [3.63, 3.8) is 0 Å². The third-order valence-electron chi connectivity index (χ3n) is 3.32. The molecule has 0 aliphatic heterocycles. The van der Waals surface area contributed by atoms with Crippen molar-refractivity contribution in [2.24, 2.45) is 0 Å². The summed E-state index contributed by atoms with van der Waals surface area (Å²) in [6.07, 6.45) is 0.